The Kier molecular flexibility index (Phi) is 2.70. The van der Waals surface area contributed by atoms with Crippen molar-refractivity contribution in [3.63, 3.8) is 0 Å². The van der Waals surface area contributed by atoms with Crippen molar-refractivity contribution in [2.45, 2.75) is 13.1 Å². The van der Waals surface area contributed by atoms with Gasteiger partial charge in [0.25, 0.3) is 5.91 Å². The number of nitrogens with two attached hydrogens (primary N) is 1. The average molecular weight is 274 g/mol. The van der Waals surface area contributed by atoms with Gasteiger partial charge in [0.2, 0.25) is 0 Å². The lowest BCUT2D eigenvalue weighted by Crippen LogP contribution is -2.14. The molecular weight excluding hydrogens is 263 g/mol. The summed E-state index contributed by atoms with van der Waals surface area (Å²) in [7, 11) is 0. The van der Waals surface area contributed by atoms with Crippen molar-refractivity contribution in [3.8, 4) is 5.69 Å². The van der Waals surface area contributed by atoms with E-state index in [4.69, 9.17) is 5.73 Å². The van der Waals surface area contributed by atoms with Crippen LogP contribution in [0.3, 0.4) is 0 Å². The van der Waals surface area contributed by atoms with E-state index in [1.165, 1.54) is 41.1 Å². The fourth-order valence-electron chi connectivity index (χ4n) is 1.99. The van der Waals surface area contributed by atoms with Crippen LogP contribution in [-0.2, 0) is 0 Å². The van der Waals surface area contributed by atoms with Crippen molar-refractivity contribution in [2.75, 3.05) is 0 Å². The van der Waals surface area contributed by atoms with E-state index in [1.807, 2.05) is 0 Å². The molecule has 20 heavy (non-hydrogen) atoms. The number of hydrogen-bond acceptors (Lipinski definition) is 4. The molecule has 1 unspecified atom stereocenters. The molecule has 0 spiro atoms. The number of halogens is 1. The highest BCUT2D eigenvalue weighted by molar-refractivity contribution is 5.92. The van der Waals surface area contributed by atoms with Crippen LogP contribution in [0.4, 0.5) is 4.39 Å². The maximum Gasteiger partial charge on any atom is 0.267 e. The Bertz CT molecular complexity index is 777. The second kappa shape index (κ2) is 4.41. The molecule has 0 radical (unpaired) electrons. The first-order valence-electron chi connectivity index (χ1n) is 5.88. The standard InChI is InChI=1S/C12H11FN6O/c1-7(13)8-2-9(19-6-15-5-17-19)12-16-3-10(11(14)20)18(12)4-8/h2-7H,1H3,(H2,14,20). The summed E-state index contributed by atoms with van der Waals surface area (Å²) in [6.45, 7) is 1.41. The van der Waals surface area contributed by atoms with E-state index in [2.05, 4.69) is 15.1 Å². The van der Waals surface area contributed by atoms with Gasteiger partial charge in [0.1, 0.15) is 30.2 Å². The summed E-state index contributed by atoms with van der Waals surface area (Å²) in [6, 6.07) is 1.62. The molecule has 0 aromatic carbocycles. The number of carbonyl (C=O) groups excluding carboxylic acids is 1. The fourth-order valence-corrected chi connectivity index (χ4v) is 1.99. The molecule has 1 amide bonds. The number of primary amides is 1. The summed E-state index contributed by atoms with van der Waals surface area (Å²) in [5.41, 5.74) is 6.84. The number of aromatic nitrogens is 5. The summed E-state index contributed by atoms with van der Waals surface area (Å²) in [6.07, 6.45) is 4.49. The zero-order valence-electron chi connectivity index (χ0n) is 10.6. The van der Waals surface area contributed by atoms with Gasteiger partial charge in [-0.2, -0.15) is 5.10 Å². The van der Waals surface area contributed by atoms with E-state index in [9.17, 15) is 9.18 Å². The normalized spacial score (nSPS) is 12.7. The lowest BCUT2D eigenvalue weighted by atomic mass is 10.2. The van der Waals surface area contributed by atoms with Crippen molar-refractivity contribution < 1.29 is 9.18 Å². The first kappa shape index (κ1) is 12.3. The van der Waals surface area contributed by atoms with Crippen LogP contribution in [0.2, 0.25) is 0 Å². The van der Waals surface area contributed by atoms with Crippen LogP contribution < -0.4 is 5.73 Å². The second-order valence-electron chi connectivity index (χ2n) is 4.32. The molecule has 3 rings (SSSR count). The number of rotatable bonds is 3. The molecular formula is C12H11FN6O. The largest absolute Gasteiger partial charge is 0.364 e. The van der Waals surface area contributed by atoms with Gasteiger partial charge in [0, 0.05) is 11.8 Å². The lowest BCUT2D eigenvalue weighted by Gasteiger charge is -2.09. The highest BCUT2D eigenvalue weighted by Crippen LogP contribution is 2.23. The van der Waals surface area contributed by atoms with Gasteiger partial charge in [0.05, 0.1) is 6.20 Å². The number of imidazole rings is 1. The number of fused-ring (bicyclic) bond motifs is 1. The van der Waals surface area contributed by atoms with Gasteiger partial charge in [-0.05, 0) is 13.0 Å². The molecule has 0 bridgehead atoms. The third-order valence-corrected chi connectivity index (χ3v) is 2.98. The Labute approximate surface area is 112 Å². The third-order valence-electron chi connectivity index (χ3n) is 2.98. The van der Waals surface area contributed by atoms with Gasteiger partial charge in [-0.25, -0.2) is 19.0 Å². The molecule has 0 fully saturated rings. The van der Waals surface area contributed by atoms with Gasteiger partial charge in [-0.3, -0.25) is 9.20 Å². The zero-order chi connectivity index (χ0) is 14.3. The minimum absolute atomic E-state index is 0.184. The van der Waals surface area contributed by atoms with Crippen LogP contribution in [0.25, 0.3) is 11.3 Å². The van der Waals surface area contributed by atoms with Gasteiger partial charge >= 0.3 is 0 Å². The van der Waals surface area contributed by atoms with Crippen LogP contribution in [-0.4, -0.2) is 30.1 Å². The van der Waals surface area contributed by atoms with E-state index in [-0.39, 0.29) is 5.69 Å². The van der Waals surface area contributed by atoms with Crippen molar-refractivity contribution in [3.05, 3.63) is 42.4 Å². The van der Waals surface area contributed by atoms with Gasteiger partial charge < -0.3 is 5.73 Å². The molecule has 0 saturated heterocycles. The molecule has 3 aromatic rings. The predicted octanol–water partition coefficient (Wildman–Crippen LogP) is 1.04. The quantitative estimate of drug-likeness (QED) is 0.772. The van der Waals surface area contributed by atoms with E-state index in [1.54, 1.807) is 6.07 Å². The first-order valence-corrected chi connectivity index (χ1v) is 5.88. The van der Waals surface area contributed by atoms with E-state index < -0.39 is 12.1 Å². The number of carbonyl (C=O) groups is 1. The zero-order valence-corrected chi connectivity index (χ0v) is 10.6. The Hall–Kier alpha value is -2.77. The topological polar surface area (TPSA) is 91.1 Å². The number of amides is 1. The SMILES string of the molecule is CC(F)c1cc(-n2cncn2)c2ncc(C(N)=O)n2c1. The summed E-state index contributed by atoms with van der Waals surface area (Å²) >= 11 is 0. The monoisotopic (exact) mass is 274 g/mol. The molecule has 102 valence electrons. The fraction of sp³-hybridized carbons (Fsp3) is 0.167. The Morgan fingerprint density at radius 3 is 2.90 bits per heavy atom. The van der Waals surface area contributed by atoms with Crippen molar-refractivity contribution in [2.24, 2.45) is 5.73 Å². The van der Waals surface area contributed by atoms with Gasteiger partial charge in [-0.1, -0.05) is 0 Å². The molecule has 7 nitrogen and oxygen atoms in total. The van der Waals surface area contributed by atoms with E-state index in [0.29, 0.717) is 16.9 Å². The van der Waals surface area contributed by atoms with Crippen molar-refractivity contribution >= 4 is 11.6 Å². The maximum absolute atomic E-state index is 13.6. The van der Waals surface area contributed by atoms with Gasteiger partial charge in [-0.15, -0.1) is 0 Å². The molecule has 3 heterocycles. The molecule has 3 aromatic heterocycles. The van der Waals surface area contributed by atoms with Crippen LogP contribution in [0, 0.1) is 0 Å². The van der Waals surface area contributed by atoms with E-state index in [0.717, 1.165) is 0 Å². The van der Waals surface area contributed by atoms with Crippen LogP contribution >= 0.6 is 0 Å². The summed E-state index contributed by atoms with van der Waals surface area (Å²) < 4.78 is 16.5. The molecule has 0 saturated carbocycles. The molecule has 0 aliphatic carbocycles. The second-order valence-corrected chi connectivity index (χ2v) is 4.32. The Morgan fingerprint density at radius 2 is 2.30 bits per heavy atom. The Morgan fingerprint density at radius 1 is 1.50 bits per heavy atom. The van der Waals surface area contributed by atoms with Crippen LogP contribution in [0.15, 0.2) is 31.1 Å². The van der Waals surface area contributed by atoms with Gasteiger partial charge in [0.15, 0.2) is 5.65 Å². The minimum atomic E-state index is -1.20. The molecule has 0 aliphatic rings. The number of pyridine rings is 1. The summed E-state index contributed by atoms with van der Waals surface area (Å²) in [5, 5.41) is 4.00. The Balaban J connectivity index is 2.36. The lowest BCUT2D eigenvalue weighted by molar-refractivity contribution is 0.0994. The average Bonchev–Trinajstić information content (AvgIpc) is 3.06. The highest BCUT2D eigenvalue weighted by atomic mass is 19.1. The highest BCUT2D eigenvalue weighted by Gasteiger charge is 2.16. The summed E-state index contributed by atoms with van der Waals surface area (Å²) in [4.78, 5) is 19.4. The van der Waals surface area contributed by atoms with Crippen LogP contribution in [0.5, 0.6) is 0 Å². The van der Waals surface area contributed by atoms with Crippen molar-refractivity contribution in [1.29, 1.82) is 0 Å². The molecule has 1 atom stereocenters. The maximum atomic E-state index is 13.6. The first-order chi connectivity index (χ1) is 9.58. The number of alkyl halides is 1. The summed E-state index contributed by atoms with van der Waals surface area (Å²) in [5.74, 6) is -0.634. The molecule has 2 N–H and O–H groups in total. The third kappa shape index (κ3) is 1.81. The molecule has 0 aliphatic heterocycles. The number of hydrogen-bond donors (Lipinski definition) is 1. The molecule has 8 heteroatoms. The van der Waals surface area contributed by atoms with Crippen LogP contribution in [0.1, 0.15) is 29.1 Å². The smallest absolute Gasteiger partial charge is 0.267 e. The minimum Gasteiger partial charge on any atom is -0.364 e. The van der Waals surface area contributed by atoms with E-state index >= 15 is 0 Å². The van der Waals surface area contributed by atoms with Crippen molar-refractivity contribution in [1.82, 2.24) is 24.1 Å². The number of nitrogens with zero attached hydrogens (tertiary/aromatic N) is 5. The predicted molar refractivity (Wildman–Crippen MR) is 68.1 cm³/mol.